The van der Waals surface area contributed by atoms with Gasteiger partial charge in [0, 0.05) is 17.7 Å². The molecule has 0 saturated heterocycles. The quantitative estimate of drug-likeness (QED) is 0.161. The highest BCUT2D eigenvalue weighted by atomic mass is 127. The summed E-state index contributed by atoms with van der Waals surface area (Å²) in [4.78, 5) is 22.6. The van der Waals surface area contributed by atoms with Crippen molar-refractivity contribution in [2.75, 3.05) is 0 Å². The summed E-state index contributed by atoms with van der Waals surface area (Å²) >= 11 is 4.36. The molecule has 3 rings (SSSR count). The molecule has 0 atom stereocenters. The first-order chi connectivity index (χ1) is 14.8. The van der Waals surface area contributed by atoms with Crippen molar-refractivity contribution in [2.45, 2.75) is 13.5 Å². The number of non-ortho nitro benzene ring substituents is 1. The van der Waals surface area contributed by atoms with Gasteiger partial charge in [-0.25, -0.2) is 5.43 Å². The molecule has 0 spiro atoms. The number of carbonyl (C=O) groups is 1. The topological polar surface area (TPSA) is 93.8 Å². The van der Waals surface area contributed by atoms with E-state index in [2.05, 4.69) is 55.7 Å². The Bertz CT molecular complexity index is 1120. The number of halogens is 2. The van der Waals surface area contributed by atoms with Crippen LogP contribution in [0, 0.1) is 24.2 Å². The third kappa shape index (κ3) is 6.23. The Kier molecular flexibility index (Phi) is 7.96. The van der Waals surface area contributed by atoms with E-state index in [1.165, 1.54) is 12.1 Å². The summed E-state index contributed by atoms with van der Waals surface area (Å²) in [7, 11) is 0. The van der Waals surface area contributed by atoms with Crippen molar-refractivity contribution in [3.8, 4) is 5.75 Å². The predicted octanol–water partition coefficient (Wildman–Crippen LogP) is 5.46. The van der Waals surface area contributed by atoms with E-state index in [-0.39, 0.29) is 11.6 Å². The fourth-order valence-corrected chi connectivity index (χ4v) is 4.84. The fourth-order valence-electron chi connectivity index (χ4n) is 2.71. The van der Waals surface area contributed by atoms with Crippen LogP contribution in [0.1, 0.15) is 27.0 Å². The van der Waals surface area contributed by atoms with Gasteiger partial charge in [0.1, 0.15) is 12.4 Å². The molecule has 0 aliphatic heterocycles. The number of benzene rings is 3. The average Bonchev–Trinajstić information content (AvgIpc) is 2.73. The predicted molar refractivity (Wildman–Crippen MR) is 136 cm³/mol. The van der Waals surface area contributed by atoms with Crippen LogP contribution in [-0.4, -0.2) is 17.0 Å². The number of rotatable bonds is 7. The number of nitro groups is 1. The zero-order chi connectivity index (χ0) is 22.4. The Morgan fingerprint density at radius 3 is 2.39 bits per heavy atom. The summed E-state index contributed by atoms with van der Waals surface area (Å²) in [6, 6.07) is 17.4. The van der Waals surface area contributed by atoms with Gasteiger partial charge in [-0.05, 0) is 99.1 Å². The standard InChI is InChI=1S/C22H17I2N3O4/c1-14-4-2-3-5-18(14)22(28)26-25-12-16-10-19(23)21(20(24)11-16)31-13-15-6-8-17(9-7-15)27(29)30/h2-12H,13H2,1H3,(H,26,28)/b25-12-. The highest BCUT2D eigenvalue weighted by Gasteiger charge is 2.11. The van der Waals surface area contributed by atoms with Crippen molar-refractivity contribution in [1.29, 1.82) is 0 Å². The average molecular weight is 641 g/mol. The second-order valence-corrected chi connectivity index (χ2v) is 8.86. The van der Waals surface area contributed by atoms with E-state index in [1.54, 1.807) is 24.4 Å². The molecule has 158 valence electrons. The number of nitrogens with one attached hydrogen (secondary N) is 1. The van der Waals surface area contributed by atoms with E-state index < -0.39 is 4.92 Å². The maximum absolute atomic E-state index is 12.2. The number of aryl methyl sites for hydroxylation is 1. The highest BCUT2D eigenvalue weighted by molar-refractivity contribution is 14.1. The van der Waals surface area contributed by atoms with Crippen molar-refractivity contribution in [3.63, 3.8) is 0 Å². The molecule has 9 heteroatoms. The Hall–Kier alpha value is -2.54. The summed E-state index contributed by atoms with van der Waals surface area (Å²) in [5.74, 6) is 0.461. The van der Waals surface area contributed by atoms with E-state index in [4.69, 9.17) is 4.74 Å². The highest BCUT2D eigenvalue weighted by Crippen LogP contribution is 2.29. The minimum Gasteiger partial charge on any atom is -0.487 e. The maximum Gasteiger partial charge on any atom is 0.271 e. The zero-order valence-electron chi connectivity index (χ0n) is 16.3. The summed E-state index contributed by atoms with van der Waals surface area (Å²) in [6.45, 7) is 2.17. The Morgan fingerprint density at radius 2 is 1.77 bits per heavy atom. The molecule has 0 unspecified atom stereocenters. The molecule has 1 N–H and O–H groups in total. The Balaban J connectivity index is 1.64. The fraction of sp³-hybridized carbons (Fsp3) is 0.0909. The number of hydrogen-bond donors (Lipinski definition) is 1. The molecule has 3 aromatic rings. The van der Waals surface area contributed by atoms with Crippen LogP contribution in [0.3, 0.4) is 0 Å². The van der Waals surface area contributed by atoms with Crippen LogP contribution in [0.5, 0.6) is 5.75 Å². The van der Waals surface area contributed by atoms with Crippen molar-refractivity contribution >= 4 is 63.0 Å². The molecular formula is C22H17I2N3O4. The van der Waals surface area contributed by atoms with Gasteiger partial charge >= 0.3 is 0 Å². The van der Waals surface area contributed by atoms with Crippen molar-refractivity contribution in [3.05, 3.63) is 100 Å². The summed E-state index contributed by atoms with van der Waals surface area (Å²) < 4.78 is 7.70. The molecule has 3 aromatic carbocycles. The summed E-state index contributed by atoms with van der Waals surface area (Å²) in [5.41, 5.74) is 5.72. The van der Waals surface area contributed by atoms with Gasteiger partial charge in [-0.3, -0.25) is 14.9 Å². The lowest BCUT2D eigenvalue weighted by atomic mass is 10.1. The molecule has 0 saturated carbocycles. The summed E-state index contributed by atoms with van der Waals surface area (Å²) in [6.07, 6.45) is 1.58. The SMILES string of the molecule is Cc1ccccc1C(=O)N/N=C\c1cc(I)c(OCc2ccc([N+](=O)[O-])cc2)c(I)c1. The van der Waals surface area contributed by atoms with Crippen molar-refractivity contribution in [2.24, 2.45) is 5.10 Å². The van der Waals surface area contributed by atoms with E-state index >= 15 is 0 Å². The first kappa shape index (κ1) is 23.1. The van der Waals surface area contributed by atoms with Gasteiger partial charge in [-0.2, -0.15) is 5.10 Å². The normalized spacial score (nSPS) is 10.8. The second kappa shape index (κ2) is 10.7. The van der Waals surface area contributed by atoms with Crippen LogP contribution < -0.4 is 10.2 Å². The summed E-state index contributed by atoms with van der Waals surface area (Å²) in [5, 5.41) is 14.8. The molecule has 31 heavy (non-hydrogen) atoms. The van der Waals surface area contributed by atoms with Gasteiger partial charge in [0.25, 0.3) is 11.6 Å². The lowest BCUT2D eigenvalue weighted by Crippen LogP contribution is -2.18. The molecule has 0 bridgehead atoms. The number of nitro benzene ring substituents is 1. The molecule has 0 aromatic heterocycles. The lowest BCUT2D eigenvalue weighted by molar-refractivity contribution is -0.384. The van der Waals surface area contributed by atoms with Crippen LogP contribution in [0.2, 0.25) is 0 Å². The molecule has 0 aliphatic carbocycles. The molecule has 1 amide bonds. The van der Waals surface area contributed by atoms with Gasteiger partial charge in [0.05, 0.1) is 18.3 Å². The van der Waals surface area contributed by atoms with E-state index in [0.717, 1.165) is 29.6 Å². The van der Waals surface area contributed by atoms with E-state index in [1.807, 2.05) is 37.3 Å². The van der Waals surface area contributed by atoms with Gasteiger partial charge in [0.15, 0.2) is 0 Å². The van der Waals surface area contributed by atoms with Crippen LogP contribution in [-0.2, 0) is 6.61 Å². The lowest BCUT2D eigenvalue weighted by Gasteiger charge is -2.11. The van der Waals surface area contributed by atoms with Gasteiger partial charge < -0.3 is 4.74 Å². The number of nitrogens with zero attached hydrogens (tertiary/aromatic N) is 2. The number of hydrazone groups is 1. The minimum atomic E-state index is -0.430. The van der Waals surface area contributed by atoms with Gasteiger partial charge in [-0.1, -0.05) is 18.2 Å². The van der Waals surface area contributed by atoms with E-state index in [0.29, 0.717) is 12.2 Å². The van der Waals surface area contributed by atoms with Crippen molar-refractivity contribution in [1.82, 2.24) is 5.43 Å². The van der Waals surface area contributed by atoms with Crippen LogP contribution >= 0.6 is 45.2 Å². The number of hydrogen-bond acceptors (Lipinski definition) is 5. The third-order valence-corrected chi connectivity index (χ3v) is 5.92. The number of carbonyl (C=O) groups excluding carboxylic acids is 1. The zero-order valence-corrected chi connectivity index (χ0v) is 20.7. The van der Waals surface area contributed by atoms with Crippen LogP contribution in [0.4, 0.5) is 5.69 Å². The smallest absolute Gasteiger partial charge is 0.271 e. The third-order valence-electron chi connectivity index (χ3n) is 4.32. The van der Waals surface area contributed by atoms with Crippen molar-refractivity contribution < 1.29 is 14.5 Å². The first-order valence-corrected chi connectivity index (χ1v) is 11.2. The Morgan fingerprint density at radius 1 is 1.13 bits per heavy atom. The van der Waals surface area contributed by atoms with E-state index in [9.17, 15) is 14.9 Å². The molecule has 0 radical (unpaired) electrons. The Labute approximate surface area is 206 Å². The van der Waals surface area contributed by atoms with Crippen LogP contribution in [0.25, 0.3) is 0 Å². The second-order valence-electron chi connectivity index (χ2n) is 6.54. The van der Waals surface area contributed by atoms with Gasteiger partial charge in [0.2, 0.25) is 0 Å². The first-order valence-electron chi connectivity index (χ1n) is 9.09. The minimum absolute atomic E-state index is 0.0473. The molecule has 7 nitrogen and oxygen atoms in total. The largest absolute Gasteiger partial charge is 0.487 e. The molecule has 0 fully saturated rings. The number of amides is 1. The maximum atomic E-state index is 12.2. The molecule has 0 heterocycles. The number of ether oxygens (including phenoxy) is 1. The molecule has 0 aliphatic rings. The van der Waals surface area contributed by atoms with Gasteiger partial charge in [-0.15, -0.1) is 0 Å². The van der Waals surface area contributed by atoms with Crippen LogP contribution in [0.15, 0.2) is 65.8 Å². The monoisotopic (exact) mass is 641 g/mol. The molecular weight excluding hydrogens is 624 g/mol.